The summed E-state index contributed by atoms with van der Waals surface area (Å²) in [5.41, 5.74) is 8.17. The van der Waals surface area contributed by atoms with Gasteiger partial charge in [-0.25, -0.2) is 4.98 Å². The number of hydrogen-bond donors (Lipinski definition) is 1. The molecule has 1 heterocycles. The molecular weight excluding hydrogens is 224 g/mol. The van der Waals surface area contributed by atoms with Crippen LogP contribution in [0.15, 0.2) is 36.7 Å². The van der Waals surface area contributed by atoms with Crippen LogP contribution in [0.3, 0.4) is 0 Å². The third kappa shape index (κ3) is 2.71. The highest BCUT2D eigenvalue weighted by atomic mass is 15.2. The fourth-order valence-electron chi connectivity index (χ4n) is 1.88. The maximum atomic E-state index is 5.84. The highest BCUT2D eigenvalue weighted by Crippen LogP contribution is 2.18. The van der Waals surface area contributed by atoms with E-state index in [1.54, 1.807) is 0 Å². The fourth-order valence-corrected chi connectivity index (χ4v) is 1.88. The molecule has 1 aromatic heterocycles. The predicted octanol–water partition coefficient (Wildman–Crippen LogP) is 2.08. The van der Waals surface area contributed by atoms with Gasteiger partial charge in [0.05, 0.1) is 6.54 Å². The van der Waals surface area contributed by atoms with Crippen molar-refractivity contribution >= 4 is 5.69 Å². The van der Waals surface area contributed by atoms with Crippen LogP contribution in [0, 0.1) is 0 Å². The minimum Gasteiger partial charge on any atom is -0.367 e. The molecule has 0 saturated carbocycles. The standard InChI is InChI=1S/C14H20N4/c1-11(15)12-4-6-13(7-5-12)18(3)10-14-16-8-9-17(14)2/h4-9,11H,10,15H2,1-3H3. The summed E-state index contributed by atoms with van der Waals surface area (Å²) in [7, 11) is 4.07. The Labute approximate surface area is 108 Å². The van der Waals surface area contributed by atoms with Crippen LogP contribution < -0.4 is 10.6 Å². The lowest BCUT2D eigenvalue weighted by Crippen LogP contribution is -2.19. The van der Waals surface area contributed by atoms with Crippen LogP contribution in [-0.2, 0) is 13.6 Å². The molecule has 0 saturated heterocycles. The van der Waals surface area contributed by atoms with E-state index in [0.717, 1.165) is 17.9 Å². The van der Waals surface area contributed by atoms with Crippen molar-refractivity contribution in [3.05, 3.63) is 48.0 Å². The molecule has 0 bridgehead atoms. The summed E-state index contributed by atoms with van der Waals surface area (Å²) in [5, 5.41) is 0. The van der Waals surface area contributed by atoms with Crippen LogP contribution in [0.5, 0.6) is 0 Å². The van der Waals surface area contributed by atoms with E-state index in [2.05, 4.69) is 41.2 Å². The van der Waals surface area contributed by atoms with Crippen molar-refractivity contribution in [3.8, 4) is 0 Å². The first kappa shape index (κ1) is 12.6. The Morgan fingerprint density at radius 2 is 2.00 bits per heavy atom. The third-order valence-electron chi connectivity index (χ3n) is 3.16. The lowest BCUT2D eigenvalue weighted by molar-refractivity contribution is 0.761. The van der Waals surface area contributed by atoms with Crippen molar-refractivity contribution in [2.75, 3.05) is 11.9 Å². The first-order chi connectivity index (χ1) is 8.58. The van der Waals surface area contributed by atoms with Crippen LogP contribution >= 0.6 is 0 Å². The number of nitrogens with zero attached hydrogens (tertiary/aromatic N) is 3. The van der Waals surface area contributed by atoms with Crippen LogP contribution in [-0.4, -0.2) is 16.6 Å². The number of rotatable bonds is 4. The second-order valence-electron chi connectivity index (χ2n) is 4.69. The molecular formula is C14H20N4. The summed E-state index contributed by atoms with van der Waals surface area (Å²) >= 11 is 0. The molecule has 0 spiro atoms. The Bertz CT molecular complexity index is 499. The van der Waals surface area contributed by atoms with Crippen LogP contribution in [0.1, 0.15) is 24.4 Å². The van der Waals surface area contributed by atoms with E-state index in [1.165, 1.54) is 5.69 Å². The van der Waals surface area contributed by atoms with Crippen molar-refractivity contribution in [2.45, 2.75) is 19.5 Å². The van der Waals surface area contributed by atoms with Gasteiger partial charge in [0.25, 0.3) is 0 Å². The molecule has 0 aliphatic heterocycles. The van der Waals surface area contributed by atoms with Crippen LogP contribution in [0.25, 0.3) is 0 Å². The normalized spacial score (nSPS) is 12.4. The van der Waals surface area contributed by atoms with E-state index in [-0.39, 0.29) is 6.04 Å². The highest BCUT2D eigenvalue weighted by Gasteiger charge is 2.06. The van der Waals surface area contributed by atoms with E-state index in [9.17, 15) is 0 Å². The first-order valence-electron chi connectivity index (χ1n) is 6.11. The second kappa shape index (κ2) is 5.23. The third-order valence-corrected chi connectivity index (χ3v) is 3.16. The number of benzene rings is 1. The molecule has 0 amide bonds. The molecule has 2 N–H and O–H groups in total. The van der Waals surface area contributed by atoms with Gasteiger partial charge < -0.3 is 15.2 Å². The molecule has 2 rings (SSSR count). The minimum atomic E-state index is 0.0823. The van der Waals surface area contributed by atoms with E-state index < -0.39 is 0 Å². The van der Waals surface area contributed by atoms with E-state index >= 15 is 0 Å². The Morgan fingerprint density at radius 1 is 1.33 bits per heavy atom. The Hall–Kier alpha value is -1.81. The summed E-state index contributed by atoms with van der Waals surface area (Å²) in [6.07, 6.45) is 3.78. The molecule has 0 aliphatic carbocycles. The minimum absolute atomic E-state index is 0.0823. The number of aryl methyl sites for hydroxylation is 1. The topological polar surface area (TPSA) is 47.1 Å². The van der Waals surface area contributed by atoms with Crippen LogP contribution in [0.2, 0.25) is 0 Å². The molecule has 0 aliphatic rings. The van der Waals surface area contributed by atoms with Gasteiger partial charge in [0.2, 0.25) is 0 Å². The molecule has 4 nitrogen and oxygen atoms in total. The van der Waals surface area contributed by atoms with Crippen molar-refractivity contribution in [1.82, 2.24) is 9.55 Å². The number of nitrogens with two attached hydrogens (primary N) is 1. The van der Waals surface area contributed by atoms with Crippen molar-refractivity contribution < 1.29 is 0 Å². The summed E-state index contributed by atoms with van der Waals surface area (Å²) in [4.78, 5) is 6.50. The van der Waals surface area contributed by atoms with Gasteiger partial charge in [-0.1, -0.05) is 12.1 Å². The summed E-state index contributed by atoms with van der Waals surface area (Å²) in [6, 6.07) is 8.44. The highest BCUT2D eigenvalue weighted by molar-refractivity contribution is 5.47. The number of imidazole rings is 1. The molecule has 0 fully saturated rings. The van der Waals surface area contributed by atoms with Gasteiger partial charge >= 0.3 is 0 Å². The lowest BCUT2D eigenvalue weighted by Gasteiger charge is -2.19. The zero-order valence-electron chi connectivity index (χ0n) is 11.2. The molecule has 96 valence electrons. The zero-order valence-corrected chi connectivity index (χ0v) is 11.2. The van der Waals surface area contributed by atoms with Crippen molar-refractivity contribution in [1.29, 1.82) is 0 Å². The van der Waals surface area contributed by atoms with Crippen molar-refractivity contribution in [2.24, 2.45) is 12.8 Å². The number of anilines is 1. The fraction of sp³-hybridized carbons (Fsp3) is 0.357. The monoisotopic (exact) mass is 244 g/mol. The molecule has 1 aromatic carbocycles. The van der Waals surface area contributed by atoms with Gasteiger partial charge in [-0.15, -0.1) is 0 Å². The SMILES string of the molecule is CC(N)c1ccc(N(C)Cc2nccn2C)cc1. The molecule has 2 aromatic rings. The largest absolute Gasteiger partial charge is 0.367 e. The lowest BCUT2D eigenvalue weighted by atomic mass is 10.1. The predicted molar refractivity (Wildman–Crippen MR) is 74.4 cm³/mol. The maximum Gasteiger partial charge on any atom is 0.127 e. The summed E-state index contributed by atoms with van der Waals surface area (Å²) < 4.78 is 2.03. The molecule has 18 heavy (non-hydrogen) atoms. The van der Waals surface area contributed by atoms with Gasteiger partial charge in [-0.3, -0.25) is 0 Å². The zero-order chi connectivity index (χ0) is 13.1. The molecule has 4 heteroatoms. The quantitative estimate of drug-likeness (QED) is 0.895. The van der Waals surface area contributed by atoms with E-state index in [4.69, 9.17) is 5.73 Å². The average molecular weight is 244 g/mol. The Kier molecular flexibility index (Phi) is 3.67. The van der Waals surface area contributed by atoms with E-state index in [0.29, 0.717) is 0 Å². The average Bonchev–Trinajstić information content (AvgIpc) is 2.75. The first-order valence-corrected chi connectivity index (χ1v) is 6.11. The second-order valence-corrected chi connectivity index (χ2v) is 4.69. The summed E-state index contributed by atoms with van der Waals surface area (Å²) in [6.45, 7) is 2.79. The van der Waals surface area contributed by atoms with Crippen molar-refractivity contribution in [3.63, 3.8) is 0 Å². The molecule has 1 atom stereocenters. The maximum absolute atomic E-state index is 5.84. The van der Waals surface area contributed by atoms with E-state index in [1.807, 2.05) is 30.9 Å². The molecule has 0 radical (unpaired) electrons. The van der Waals surface area contributed by atoms with Gasteiger partial charge in [-0.05, 0) is 24.6 Å². The Morgan fingerprint density at radius 3 is 2.50 bits per heavy atom. The Balaban J connectivity index is 2.09. The summed E-state index contributed by atoms with van der Waals surface area (Å²) in [5.74, 6) is 1.05. The molecule has 1 unspecified atom stereocenters. The smallest absolute Gasteiger partial charge is 0.127 e. The van der Waals surface area contributed by atoms with Gasteiger partial charge in [0.15, 0.2) is 0 Å². The number of aromatic nitrogens is 2. The van der Waals surface area contributed by atoms with Gasteiger partial charge in [0.1, 0.15) is 5.82 Å². The number of hydrogen-bond acceptors (Lipinski definition) is 3. The van der Waals surface area contributed by atoms with Gasteiger partial charge in [-0.2, -0.15) is 0 Å². The van der Waals surface area contributed by atoms with Gasteiger partial charge in [0, 0.05) is 38.2 Å². The van der Waals surface area contributed by atoms with Crippen LogP contribution in [0.4, 0.5) is 5.69 Å².